The molecule has 2 heterocycles. The molecule has 3 rings (SSSR count). The van der Waals surface area contributed by atoms with Crippen LogP contribution >= 0.6 is 27.7 Å². The summed E-state index contributed by atoms with van der Waals surface area (Å²) in [7, 11) is 0. The Kier molecular flexibility index (Phi) is 5.57. The van der Waals surface area contributed by atoms with Gasteiger partial charge in [0, 0.05) is 23.1 Å². The lowest BCUT2D eigenvalue weighted by atomic mass is 10.2. The van der Waals surface area contributed by atoms with Crippen LogP contribution in [0.5, 0.6) is 0 Å². The zero-order valence-corrected chi connectivity index (χ0v) is 15.8. The molecule has 1 amide bonds. The van der Waals surface area contributed by atoms with Crippen LogP contribution in [0.25, 0.3) is 11.5 Å². The van der Waals surface area contributed by atoms with Crippen LogP contribution in [-0.2, 0) is 9.53 Å². The summed E-state index contributed by atoms with van der Waals surface area (Å²) in [5.74, 6) is 0.790. The van der Waals surface area contributed by atoms with Crippen molar-refractivity contribution in [2.75, 3.05) is 18.8 Å². The molecule has 0 aliphatic carbocycles. The number of hydrogen-bond donors (Lipinski definition) is 0. The Morgan fingerprint density at radius 3 is 2.58 bits per heavy atom. The number of thioether (sulfide) groups is 1. The Morgan fingerprint density at radius 2 is 1.92 bits per heavy atom. The van der Waals surface area contributed by atoms with Crippen LogP contribution in [0, 0.1) is 0 Å². The second kappa shape index (κ2) is 7.67. The van der Waals surface area contributed by atoms with Gasteiger partial charge in [-0.15, -0.1) is 10.2 Å². The second-order valence-corrected chi connectivity index (χ2v) is 7.57. The van der Waals surface area contributed by atoms with E-state index in [1.807, 2.05) is 43.0 Å². The molecule has 2 unspecified atom stereocenters. The molecule has 8 heteroatoms. The number of halogens is 1. The monoisotopic (exact) mass is 411 g/mol. The predicted octanol–water partition coefficient (Wildman–Crippen LogP) is 3.23. The van der Waals surface area contributed by atoms with Crippen LogP contribution in [0.4, 0.5) is 0 Å². The average molecular weight is 412 g/mol. The number of amides is 1. The van der Waals surface area contributed by atoms with E-state index in [4.69, 9.17) is 9.15 Å². The highest BCUT2D eigenvalue weighted by atomic mass is 79.9. The van der Waals surface area contributed by atoms with Crippen molar-refractivity contribution >= 4 is 33.6 Å². The number of benzene rings is 1. The first-order valence-corrected chi connectivity index (χ1v) is 9.44. The quantitative estimate of drug-likeness (QED) is 0.719. The van der Waals surface area contributed by atoms with Gasteiger partial charge in [0.25, 0.3) is 5.22 Å². The maximum absolute atomic E-state index is 12.3. The third-order valence-electron chi connectivity index (χ3n) is 3.59. The average Bonchev–Trinajstić information content (AvgIpc) is 3.01. The van der Waals surface area contributed by atoms with Crippen molar-refractivity contribution in [2.45, 2.75) is 31.3 Å². The van der Waals surface area contributed by atoms with E-state index in [2.05, 4.69) is 26.1 Å². The number of carbonyl (C=O) groups excluding carboxylic acids is 1. The highest BCUT2D eigenvalue weighted by Gasteiger charge is 2.26. The summed E-state index contributed by atoms with van der Waals surface area (Å²) in [6.07, 6.45) is 0.130. The molecule has 1 saturated heterocycles. The van der Waals surface area contributed by atoms with Crippen molar-refractivity contribution in [3.63, 3.8) is 0 Å². The summed E-state index contributed by atoms with van der Waals surface area (Å²) >= 11 is 4.65. The molecule has 0 radical (unpaired) electrons. The maximum Gasteiger partial charge on any atom is 0.277 e. The second-order valence-electron chi connectivity index (χ2n) is 5.72. The van der Waals surface area contributed by atoms with Crippen molar-refractivity contribution in [3.8, 4) is 11.5 Å². The number of nitrogens with zero attached hydrogens (tertiary/aromatic N) is 3. The SMILES string of the molecule is CC1CN(C(=O)CSc2nnc(-c3ccc(Br)cc3)o2)CC(C)O1. The van der Waals surface area contributed by atoms with Gasteiger partial charge in [-0.25, -0.2) is 0 Å². The molecule has 1 fully saturated rings. The van der Waals surface area contributed by atoms with Crippen LogP contribution in [0.3, 0.4) is 0 Å². The Bertz CT molecular complexity index is 697. The van der Waals surface area contributed by atoms with Crippen molar-refractivity contribution in [1.29, 1.82) is 0 Å². The van der Waals surface area contributed by atoms with Gasteiger partial charge in [0.1, 0.15) is 0 Å². The van der Waals surface area contributed by atoms with Crippen molar-refractivity contribution < 1.29 is 13.9 Å². The largest absolute Gasteiger partial charge is 0.411 e. The molecule has 0 bridgehead atoms. The van der Waals surface area contributed by atoms with Gasteiger partial charge in [-0.3, -0.25) is 4.79 Å². The molecule has 0 spiro atoms. The highest BCUT2D eigenvalue weighted by molar-refractivity contribution is 9.10. The van der Waals surface area contributed by atoms with E-state index < -0.39 is 0 Å². The molecule has 1 aliphatic heterocycles. The summed E-state index contributed by atoms with van der Waals surface area (Å²) in [6, 6.07) is 7.62. The van der Waals surface area contributed by atoms with E-state index in [0.717, 1.165) is 10.0 Å². The Labute approximate surface area is 153 Å². The lowest BCUT2D eigenvalue weighted by Crippen LogP contribution is -2.48. The fourth-order valence-electron chi connectivity index (χ4n) is 2.57. The number of hydrogen-bond acceptors (Lipinski definition) is 6. The van der Waals surface area contributed by atoms with Crippen LogP contribution in [0.1, 0.15) is 13.8 Å². The summed E-state index contributed by atoms with van der Waals surface area (Å²) < 4.78 is 12.3. The first-order valence-electron chi connectivity index (χ1n) is 7.66. The Balaban J connectivity index is 1.57. The fourth-order valence-corrected chi connectivity index (χ4v) is 3.50. The summed E-state index contributed by atoms with van der Waals surface area (Å²) in [5.41, 5.74) is 0.847. The van der Waals surface area contributed by atoms with E-state index in [9.17, 15) is 4.79 Å². The zero-order valence-electron chi connectivity index (χ0n) is 13.4. The van der Waals surface area contributed by atoms with Gasteiger partial charge < -0.3 is 14.1 Å². The first kappa shape index (κ1) is 17.4. The van der Waals surface area contributed by atoms with E-state index >= 15 is 0 Å². The number of carbonyl (C=O) groups is 1. The lowest BCUT2D eigenvalue weighted by Gasteiger charge is -2.35. The highest BCUT2D eigenvalue weighted by Crippen LogP contribution is 2.25. The normalized spacial score (nSPS) is 21.0. The van der Waals surface area contributed by atoms with E-state index in [-0.39, 0.29) is 23.9 Å². The summed E-state index contributed by atoms with van der Waals surface area (Å²) in [4.78, 5) is 14.2. The number of morpholine rings is 1. The molecule has 128 valence electrons. The van der Waals surface area contributed by atoms with E-state index in [1.54, 1.807) is 0 Å². The smallest absolute Gasteiger partial charge is 0.277 e. The summed E-state index contributed by atoms with van der Waals surface area (Å²) in [6.45, 7) is 5.20. The minimum Gasteiger partial charge on any atom is -0.411 e. The molecule has 0 N–H and O–H groups in total. The van der Waals surface area contributed by atoms with Crippen LogP contribution in [-0.4, -0.2) is 52.1 Å². The van der Waals surface area contributed by atoms with E-state index in [0.29, 0.717) is 24.2 Å². The van der Waals surface area contributed by atoms with Gasteiger partial charge in [-0.1, -0.05) is 27.7 Å². The van der Waals surface area contributed by atoms with Crippen molar-refractivity contribution in [3.05, 3.63) is 28.7 Å². The third kappa shape index (κ3) is 4.37. The van der Waals surface area contributed by atoms with Gasteiger partial charge in [0.05, 0.1) is 18.0 Å². The molecule has 0 saturated carbocycles. The molecule has 2 aromatic rings. The van der Waals surface area contributed by atoms with Gasteiger partial charge >= 0.3 is 0 Å². The van der Waals surface area contributed by atoms with Crippen LogP contribution < -0.4 is 0 Å². The van der Waals surface area contributed by atoms with Crippen LogP contribution in [0.15, 0.2) is 38.4 Å². The molecule has 1 aromatic heterocycles. The minimum atomic E-state index is 0.0605. The Hall–Kier alpha value is -1.38. The molecule has 6 nitrogen and oxygen atoms in total. The zero-order chi connectivity index (χ0) is 17.1. The van der Waals surface area contributed by atoms with Crippen LogP contribution in [0.2, 0.25) is 0 Å². The van der Waals surface area contributed by atoms with Gasteiger partial charge in [0.15, 0.2) is 0 Å². The number of rotatable bonds is 4. The maximum atomic E-state index is 12.3. The molecular formula is C16H18BrN3O3S. The molecule has 1 aliphatic rings. The minimum absolute atomic E-state index is 0.0605. The predicted molar refractivity (Wildman–Crippen MR) is 94.7 cm³/mol. The van der Waals surface area contributed by atoms with Crippen molar-refractivity contribution in [1.82, 2.24) is 15.1 Å². The topological polar surface area (TPSA) is 68.5 Å². The number of ether oxygens (including phenoxy) is 1. The molecule has 1 aromatic carbocycles. The van der Waals surface area contributed by atoms with Gasteiger partial charge in [-0.2, -0.15) is 0 Å². The molecule has 24 heavy (non-hydrogen) atoms. The lowest BCUT2D eigenvalue weighted by molar-refractivity contribution is -0.140. The summed E-state index contributed by atoms with van der Waals surface area (Å²) in [5, 5.41) is 8.43. The number of aromatic nitrogens is 2. The first-order chi connectivity index (χ1) is 11.5. The van der Waals surface area contributed by atoms with Crippen molar-refractivity contribution in [2.24, 2.45) is 0 Å². The standard InChI is InChI=1S/C16H18BrN3O3S/c1-10-7-20(8-11(2)22-10)14(21)9-24-16-19-18-15(23-16)12-3-5-13(17)6-4-12/h3-6,10-11H,7-9H2,1-2H3. The fraction of sp³-hybridized carbons (Fsp3) is 0.438. The third-order valence-corrected chi connectivity index (χ3v) is 4.92. The molecular weight excluding hydrogens is 394 g/mol. The molecule has 2 atom stereocenters. The Morgan fingerprint density at radius 1 is 1.25 bits per heavy atom. The van der Waals surface area contributed by atoms with Gasteiger partial charge in [0.2, 0.25) is 11.8 Å². The van der Waals surface area contributed by atoms with Gasteiger partial charge in [-0.05, 0) is 38.1 Å². The van der Waals surface area contributed by atoms with E-state index in [1.165, 1.54) is 11.8 Å².